The predicted molar refractivity (Wildman–Crippen MR) is 100 cm³/mol. The molecule has 1 aromatic heterocycles. The first kappa shape index (κ1) is 17.1. The minimum Gasteiger partial charge on any atom is -0.358 e. The summed E-state index contributed by atoms with van der Waals surface area (Å²) in [5.41, 5.74) is 3.84. The zero-order chi connectivity index (χ0) is 16.8. The van der Waals surface area contributed by atoms with Gasteiger partial charge in [0.25, 0.3) is 0 Å². The highest BCUT2D eigenvalue weighted by atomic mass is 16.2. The molecule has 0 bridgehead atoms. The van der Waals surface area contributed by atoms with Crippen LogP contribution in [0.25, 0.3) is 10.9 Å². The van der Waals surface area contributed by atoms with Gasteiger partial charge in [-0.1, -0.05) is 63.6 Å². The van der Waals surface area contributed by atoms with Crippen LogP contribution in [-0.2, 0) is 17.8 Å². The van der Waals surface area contributed by atoms with E-state index in [1.54, 1.807) is 0 Å². The van der Waals surface area contributed by atoms with Crippen LogP contribution in [0.15, 0.2) is 24.3 Å². The fourth-order valence-electron chi connectivity index (χ4n) is 3.77. The van der Waals surface area contributed by atoms with Crippen LogP contribution in [0.2, 0.25) is 0 Å². The van der Waals surface area contributed by atoms with Crippen LogP contribution in [0.3, 0.4) is 0 Å². The Morgan fingerprint density at radius 3 is 2.67 bits per heavy atom. The van der Waals surface area contributed by atoms with Crippen molar-refractivity contribution in [3.05, 3.63) is 35.5 Å². The van der Waals surface area contributed by atoms with Crippen molar-refractivity contribution in [2.75, 3.05) is 6.54 Å². The molecule has 1 N–H and O–H groups in total. The summed E-state index contributed by atoms with van der Waals surface area (Å²) < 4.78 is 0. The van der Waals surface area contributed by atoms with Crippen LogP contribution < -0.4 is 0 Å². The van der Waals surface area contributed by atoms with Gasteiger partial charge in [-0.05, 0) is 12.5 Å². The fraction of sp³-hybridized carbons (Fsp3) is 0.571. The topological polar surface area (TPSA) is 36.1 Å². The van der Waals surface area contributed by atoms with Crippen molar-refractivity contribution in [3.63, 3.8) is 0 Å². The van der Waals surface area contributed by atoms with Crippen molar-refractivity contribution >= 4 is 16.8 Å². The molecule has 0 aliphatic carbocycles. The number of nitrogens with zero attached hydrogens (tertiary/aromatic N) is 1. The average molecular weight is 326 g/mol. The number of para-hydroxylation sites is 1. The number of fused-ring (bicyclic) bond motifs is 3. The molecule has 0 fully saturated rings. The van der Waals surface area contributed by atoms with Gasteiger partial charge >= 0.3 is 0 Å². The number of carbonyl (C=O) groups excluding carboxylic acids is 1. The maximum absolute atomic E-state index is 12.5. The molecule has 0 saturated carbocycles. The summed E-state index contributed by atoms with van der Waals surface area (Å²) in [6.07, 6.45) is 10.5. The van der Waals surface area contributed by atoms with E-state index in [-0.39, 0.29) is 0 Å². The molecule has 2 heterocycles. The highest BCUT2D eigenvalue weighted by molar-refractivity contribution is 5.86. The lowest BCUT2D eigenvalue weighted by Gasteiger charge is -2.27. The number of benzene rings is 1. The Bertz CT molecular complexity index is 674. The Labute approximate surface area is 145 Å². The van der Waals surface area contributed by atoms with Crippen molar-refractivity contribution in [1.29, 1.82) is 0 Å². The molecule has 2 aromatic rings. The Hall–Kier alpha value is -1.77. The van der Waals surface area contributed by atoms with Gasteiger partial charge in [0.2, 0.25) is 5.91 Å². The molecule has 3 rings (SSSR count). The van der Waals surface area contributed by atoms with Crippen molar-refractivity contribution in [2.45, 2.75) is 71.3 Å². The number of amides is 1. The van der Waals surface area contributed by atoms with E-state index in [2.05, 4.69) is 41.1 Å². The molecule has 1 amide bonds. The van der Waals surface area contributed by atoms with Gasteiger partial charge in [-0.3, -0.25) is 4.79 Å². The summed E-state index contributed by atoms with van der Waals surface area (Å²) in [6.45, 7) is 3.88. The first-order valence-electron chi connectivity index (χ1n) is 9.66. The van der Waals surface area contributed by atoms with Gasteiger partial charge in [-0.25, -0.2) is 0 Å². The van der Waals surface area contributed by atoms with E-state index >= 15 is 0 Å². The minimum absolute atomic E-state index is 0.333. The van der Waals surface area contributed by atoms with E-state index in [0.717, 1.165) is 25.9 Å². The van der Waals surface area contributed by atoms with E-state index in [0.29, 0.717) is 12.3 Å². The number of hydrogen-bond donors (Lipinski definition) is 1. The third-order valence-electron chi connectivity index (χ3n) is 5.23. The van der Waals surface area contributed by atoms with Crippen LogP contribution in [0, 0.1) is 0 Å². The highest BCUT2D eigenvalue weighted by Crippen LogP contribution is 2.28. The molecule has 0 radical (unpaired) electrons. The second-order valence-corrected chi connectivity index (χ2v) is 7.06. The minimum atomic E-state index is 0.333. The molecule has 1 aromatic carbocycles. The van der Waals surface area contributed by atoms with Crippen LogP contribution in [0.5, 0.6) is 0 Å². The Kier molecular flexibility index (Phi) is 5.95. The van der Waals surface area contributed by atoms with E-state index in [1.807, 2.05) is 0 Å². The summed E-state index contributed by atoms with van der Waals surface area (Å²) in [6, 6.07) is 8.43. The van der Waals surface area contributed by atoms with Gasteiger partial charge in [0, 0.05) is 48.1 Å². The maximum Gasteiger partial charge on any atom is 0.222 e. The average Bonchev–Trinajstić information content (AvgIpc) is 2.98. The smallest absolute Gasteiger partial charge is 0.222 e. The van der Waals surface area contributed by atoms with Crippen molar-refractivity contribution < 1.29 is 4.79 Å². The summed E-state index contributed by atoms with van der Waals surface area (Å²) in [5.74, 6) is 0.333. The van der Waals surface area contributed by atoms with Gasteiger partial charge < -0.3 is 9.88 Å². The number of carbonyl (C=O) groups is 1. The maximum atomic E-state index is 12.5. The van der Waals surface area contributed by atoms with Crippen LogP contribution >= 0.6 is 0 Å². The second kappa shape index (κ2) is 8.36. The number of aromatic nitrogens is 1. The number of unbranched alkanes of at least 4 members (excludes halogenated alkanes) is 6. The molecule has 1 aliphatic rings. The molecule has 1 aliphatic heterocycles. The predicted octanol–water partition coefficient (Wildman–Crippen LogP) is 5.19. The van der Waals surface area contributed by atoms with Crippen molar-refractivity contribution in [3.8, 4) is 0 Å². The zero-order valence-corrected chi connectivity index (χ0v) is 14.9. The quantitative estimate of drug-likeness (QED) is 0.666. The lowest BCUT2D eigenvalue weighted by Crippen LogP contribution is -2.35. The number of hydrogen-bond acceptors (Lipinski definition) is 1. The van der Waals surface area contributed by atoms with E-state index in [1.165, 1.54) is 60.7 Å². The number of rotatable bonds is 8. The normalized spacial score (nSPS) is 14.1. The summed E-state index contributed by atoms with van der Waals surface area (Å²) >= 11 is 0. The standard InChI is InChI=1S/C21H30N2O/c1-2-3-4-5-6-7-8-13-21(24)23-15-14-20-18(16-23)17-11-9-10-12-19(17)22-20/h9-12,22H,2-8,13-16H2,1H3. The van der Waals surface area contributed by atoms with Gasteiger partial charge in [0.05, 0.1) is 0 Å². The number of H-pyrrole nitrogens is 1. The summed E-state index contributed by atoms with van der Waals surface area (Å²) in [5, 5.41) is 1.28. The molecule has 3 nitrogen and oxygen atoms in total. The van der Waals surface area contributed by atoms with Crippen molar-refractivity contribution in [2.24, 2.45) is 0 Å². The molecular weight excluding hydrogens is 296 g/mol. The number of nitrogens with one attached hydrogen (secondary N) is 1. The number of aromatic amines is 1. The molecular formula is C21H30N2O. The molecule has 0 unspecified atom stereocenters. The SMILES string of the molecule is CCCCCCCCCC(=O)N1CCc2[nH]c3ccccc3c2C1. The molecule has 130 valence electrons. The Balaban J connectivity index is 1.47. The van der Waals surface area contributed by atoms with Gasteiger partial charge in [-0.15, -0.1) is 0 Å². The molecule has 24 heavy (non-hydrogen) atoms. The van der Waals surface area contributed by atoms with Crippen molar-refractivity contribution in [1.82, 2.24) is 9.88 Å². The first-order valence-corrected chi connectivity index (χ1v) is 9.66. The second-order valence-electron chi connectivity index (χ2n) is 7.06. The van der Waals surface area contributed by atoms with Gasteiger partial charge in [0.15, 0.2) is 0 Å². The van der Waals surface area contributed by atoms with Gasteiger partial charge in [-0.2, -0.15) is 0 Å². The third kappa shape index (κ3) is 4.00. The van der Waals surface area contributed by atoms with Crippen LogP contribution in [0.1, 0.15) is 69.5 Å². The lowest BCUT2D eigenvalue weighted by molar-refractivity contribution is -0.132. The van der Waals surface area contributed by atoms with E-state index < -0.39 is 0 Å². The molecule has 0 atom stereocenters. The first-order chi connectivity index (χ1) is 11.8. The largest absolute Gasteiger partial charge is 0.358 e. The zero-order valence-electron chi connectivity index (χ0n) is 14.9. The van der Waals surface area contributed by atoms with Crippen LogP contribution in [-0.4, -0.2) is 22.3 Å². The Morgan fingerprint density at radius 2 is 1.83 bits per heavy atom. The fourth-order valence-corrected chi connectivity index (χ4v) is 3.77. The van der Waals surface area contributed by atoms with E-state index in [4.69, 9.17) is 0 Å². The van der Waals surface area contributed by atoms with Crippen LogP contribution in [0.4, 0.5) is 0 Å². The highest BCUT2D eigenvalue weighted by Gasteiger charge is 2.23. The molecule has 0 saturated heterocycles. The lowest BCUT2D eigenvalue weighted by atomic mass is 10.0. The Morgan fingerprint density at radius 1 is 1.08 bits per heavy atom. The van der Waals surface area contributed by atoms with Gasteiger partial charge in [0.1, 0.15) is 0 Å². The third-order valence-corrected chi connectivity index (χ3v) is 5.23. The van der Waals surface area contributed by atoms with E-state index in [9.17, 15) is 4.79 Å². The molecule has 3 heteroatoms. The monoisotopic (exact) mass is 326 g/mol. The summed E-state index contributed by atoms with van der Waals surface area (Å²) in [7, 11) is 0. The summed E-state index contributed by atoms with van der Waals surface area (Å²) in [4.78, 5) is 18.1. The molecule has 0 spiro atoms.